The lowest BCUT2D eigenvalue weighted by atomic mass is 9.93. The number of esters is 2. The number of benzene rings is 4. The molecule has 4 aromatic carbocycles. The van der Waals surface area contributed by atoms with Crippen LogP contribution in [-0.2, 0) is 19.1 Å². The minimum Gasteiger partial charge on any atom is -0.468 e. The summed E-state index contributed by atoms with van der Waals surface area (Å²) < 4.78 is 15.4. The highest BCUT2D eigenvalue weighted by atomic mass is 79.9. The number of nitrogens with one attached hydrogen (secondary N) is 2. The van der Waals surface area contributed by atoms with E-state index in [1.165, 1.54) is 14.2 Å². The first-order valence-electron chi connectivity index (χ1n) is 19.5. The van der Waals surface area contributed by atoms with Crippen LogP contribution in [0, 0.1) is 5.41 Å². The molecule has 0 saturated heterocycles. The molecule has 3 aromatic heterocycles. The highest BCUT2D eigenvalue weighted by Crippen LogP contribution is 2.75. The lowest BCUT2D eigenvalue weighted by Crippen LogP contribution is -2.32. The lowest BCUT2D eigenvalue weighted by Gasteiger charge is -2.17. The van der Waals surface area contributed by atoms with Crippen LogP contribution < -0.4 is 0 Å². The smallest absolute Gasteiger partial charge is 0.324 e. The van der Waals surface area contributed by atoms with Crippen molar-refractivity contribution in [2.75, 3.05) is 14.2 Å². The Bertz CT molecular complexity index is 3050. The van der Waals surface area contributed by atoms with Gasteiger partial charge >= 0.3 is 11.9 Å². The number of nitrogens with zero attached hydrogens (tertiary/aromatic N) is 2. The third-order valence-corrected chi connectivity index (χ3v) is 18.2. The molecular weight excluding hydrogens is 1190 g/mol. The Balaban J connectivity index is 1.54. The Morgan fingerprint density at radius 1 is 0.460 bits per heavy atom. The molecule has 2 aliphatic heterocycles. The number of carbonyl (C=O) groups is 2. The number of methoxy groups -OCH3 is 2. The van der Waals surface area contributed by atoms with E-state index in [-0.39, 0.29) is 0 Å². The van der Waals surface area contributed by atoms with E-state index in [9.17, 15) is 9.59 Å². The predicted octanol–water partition coefficient (Wildman–Crippen LogP) is 14.9. The molecule has 5 heterocycles. The molecule has 0 amide bonds. The Morgan fingerprint density at radius 2 is 0.746 bits per heavy atom. The van der Waals surface area contributed by atoms with Crippen molar-refractivity contribution in [1.29, 1.82) is 0 Å². The normalized spacial score (nSPS) is 16.1. The summed E-state index contributed by atoms with van der Waals surface area (Å²) >= 11 is 24.0. The number of rotatable bonds is 6. The molecule has 3 aliphatic rings. The van der Waals surface area contributed by atoms with Crippen LogP contribution in [0.15, 0.2) is 139 Å². The molecule has 2 atom stereocenters. The summed E-state index contributed by atoms with van der Waals surface area (Å²) in [5.41, 5.74) is 9.85. The van der Waals surface area contributed by atoms with Gasteiger partial charge in [0.1, 0.15) is 0 Å². The molecule has 2 unspecified atom stereocenters. The third kappa shape index (κ3) is 6.48. The van der Waals surface area contributed by atoms with Gasteiger partial charge in [0.2, 0.25) is 0 Å². The summed E-state index contributed by atoms with van der Waals surface area (Å²) in [6.45, 7) is 0. The molecule has 8 nitrogen and oxygen atoms in total. The first kappa shape index (κ1) is 42.5. The molecule has 63 heavy (non-hydrogen) atoms. The van der Waals surface area contributed by atoms with Gasteiger partial charge in [0.25, 0.3) is 0 Å². The molecule has 7 aromatic rings. The summed E-state index contributed by atoms with van der Waals surface area (Å²) in [6.07, 6.45) is 0. The summed E-state index contributed by atoms with van der Waals surface area (Å²) in [5.74, 6) is -2.93. The highest BCUT2D eigenvalue weighted by Gasteiger charge is 2.81. The van der Waals surface area contributed by atoms with Crippen LogP contribution in [0.25, 0.3) is 75.5 Å². The van der Waals surface area contributed by atoms with Crippen LogP contribution in [0.2, 0.25) is 0 Å². The van der Waals surface area contributed by atoms with Crippen molar-refractivity contribution in [2.24, 2.45) is 5.41 Å². The minimum atomic E-state index is -1.74. The van der Waals surface area contributed by atoms with E-state index in [0.29, 0.717) is 53.9 Å². The molecule has 1 aliphatic carbocycles. The molecular formula is C49H30Br6N4O4. The number of H-pyrrole nitrogens is 2. The second-order valence-electron chi connectivity index (χ2n) is 15.1. The van der Waals surface area contributed by atoms with Crippen molar-refractivity contribution in [3.05, 3.63) is 162 Å². The number of halogens is 6. The Hall–Kier alpha value is -4.44. The standard InChI is InChI=1S/C49H30Br6N4O4/c1-62-47(60)49(48(61)63-2)31-32(49)40-28(24-17-9-4-10-18-24)42-34(51)36(53)44(58-42)30(26-21-13-6-14-22-26)46-38(55)37(54)45(59-46)29(25-19-11-5-12-20-25)43-35(52)33(50)41(57-43)27(39(31)56-40)23-15-7-3-8-16-23/h3-22,31-32,57-58H,1-2H3. The lowest BCUT2D eigenvalue weighted by molar-refractivity contribution is -0.162. The van der Waals surface area contributed by atoms with Gasteiger partial charge in [-0.1, -0.05) is 121 Å². The van der Waals surface area contributed by atoms with Gasteiger partial charge in [-0.3, -0.25) is 14.6 Å². The van der Waals surface area contributed by atoms with Gasteiger partial charge in [-0.05, 0) is 118 Å². The topological polar surface area (TPSA) is 110 Å². The van der Waals surface area contributed by atoms with Crippen molar-refractivity contribution < 1.29 is 19.1 Å². The van der Waals surface area contributed by atoms with Crippen LogP contribution in [0.3, 0.4) is 0 Å². The fraction of sp³-hybridized carbons (Fsp3) is 0.102. The van der Waals surface area contributed by atoms with Crippen LogP contribution in [0.1, 0.15) is 34.6 Å². The zero-order valence-electron chi connectivity index (χ0n) is 33.0. The number of carbonyl (C=O) groups excluding carboxylic acids is 2. The number of ether oxygens (including phenoxy) is 2. The third-order valence-electron chi connectivity index (χ3n) is 11.9. The SMILES string of the molecule is COC(=O)C1(C(=O)OC)C2c3nc(c(-c4ccccc4)c4[nH]c(c(Br)c4Br)c(-c4ccccc4)c4nc(c(-c5ccccc5)c5[nH]c(c(Br)c5Br)c3-c3ccccc3)C(Br)=C4Br)C21. The molecule has 312 valence electrons. The van der Waals surface area contributed by atoms with Crippen molar-refractivity contribution in [2.45, 2.75) is 11.8 Å². The average Bonchev–Trinajstić information content (AvgIpc) is 3.43. The largest absolute Gasteiger partial charge is 0.468 e. The number of hydrogen-bond acceptors (Lipinski definition) is 6. The maximum atomic E-state index is 14.4. The number of hydrogen-bond donors (Lipinski definition) is 2. The zero-order chi connectivity index (χ0) is 43.9. The van der Waals surface area contributed by atoms with E-state index >= 15 is 0 Å². The Kier molecular flexibility index (Phi) is 11.1. The van der Waals surface area contributed by atoms with E-state index in [4.69, 9.17) is 19.4 Å². The van der Waals surface area contributed by atoms with Gasteiger partial charge in [0.15, 0.2) is 5.41 Å². The van der Waals surface area contributed by atoms with Gasteiger partial charge in [0.05, 0.1) is 85.9 Å². The summed E-state index contributed by atoms with van der Waals surface area (Å²) in [6, 6.07) is 39.9. The molecule has 2 N–H and O–H groups in total. The monoisotopic (exact) mass is 1210 g/mol. The molecule has 1 fully saturated rings. The van der Waals surface area contributed by atoms with E-state index in [0.717, 1.165) is 62.3 Å². The van der Waals surface area contributed by atoms with Crippen LogP contribution in [-0.4, -0.2) is 46.1 Å². The predicted molar refractivity (Wildman–Crippen MR) is 270 cm³/mol. The fourth-order valence-corrected chi connectivity index (χ4v) is 12.1. The van der Waals surface area contributed by atoms with E-state index in [1.807, 2.05) is 97.1 Å². The molecule has 0 spiro atoms. The highest BCUT2D eigenvalue weighted by molar-refractivity contribution is 9.18. The first-order chi connectivity index (χ1) is 30.5. The van der Waals surface area contributed by atoms with Crippen molar-refractivity contribution in [3.63, 3.8) is 0 Å². The first-order valence-corrected chi connectivity index (χ1v) is 24.3. The molecule has 8 bridgehead atoms. The van der Waals surface area contributed by atoms with Crippen LogP contribution >= 0.6 is 95.6 Å². The average molecular weight is 1220 g/mol. The second kappa shape index (κ2) is 16.5. The van der Waals surface area contributed by atoms with Gasteiger partial charge in [0, 0.05) is 34.1 Å². The number of aromatic amines is 2. The molecule has 1 saturated carbocycles. The van der Waals surface area contributed by atoms with Gasteiger partial charge < -0.3 is 19.4 Å². The van der Waals surface area contributed by atoms with Crippen molar-refractivity contribution in [1.82, 2.24) is 19.9 Å². The minimum absolute atomic E-state index is 0.524. The number of aromatic nitrogens is 4. The van der Waals surface area contributed by atoms with Gasteiger partial charge in [-0.15, -0.1) is 0 Å². The van der Waals surface area contributed by atoms with E-state index in [2.05, 4.69) is 130 Å². The summed E-state index contributed by atoms with van der Waals surface area (Å²) in [7, 11) is 2.60. The zero-order valence-corrected chi connectivity index (χ0v) is 42.5. The van der Waals surface area contributed by atoms with Gasteiger partial charge in [-0.25, -0.2) is 4.98 Å². The fourth-order valence-electron chi connectivity index (χ4n) is 9.16. The maximum Gasteiger partial charge on any atom is 0.324 e. The Morgan fingerprint density at radius 3 is 1.05 bits per heavy atom. The van der Waals surface area contributed by atoms with Crippen LogP contribution in [0.4, 0.5) is 0 Å². The summed E-state index contributed by atoms with van der Waals surface area (Å²) in [5, 5.41) is 0. The van der Waals surface area contributed by atoms with E-state index < -0.39 is 29.2 Å². The molecule has 10 rings (SSSR count). The van der Waals surface area contributed by atoms with Crippen molar-refractivity contribution >= 4 is 139 Å². The second-order valence-corrected chi connectivity index (χ2v) is 19.9. The van der Waals surface area contributed by atoms with Crippen molar-refractivity contribution in [3.8, 4) is 44.5 Å². The number of fused-ring (bicyclic) bond motifs is 11. The quantitative estimate of drug-likeness (QED) is 0.127. The molecule has 0 radical (unpaired) electrons. The van der Waals surface area contributed by atoms with Gasteiger partial charge in [-0.2, -0.15) is 0 Å². The Labute approximate surface area is 411 Å². The summed E-state index contributed by atoms with van der Waals surface area (Å²) in [4.78, 5) is 47.6. The maximum absolute atomic E-state index is 14.4. The molecule has 14 heteroatoms. The van der Waals surface area contributed by atoms with E-state index in [1.54, 1.807) is 0 Å². The van der Waals surface area contributed by atoms with Crippen LogP contribution in [0.5, 0.6) is 0 Å².